The number of nitrogens with one attached hydrogen (secondary N) is 1. The highest BCUT2D eigenvalue weighted by Gasteiger charge is 2.42. The van der Waals surface area contributed by atoms with Crippen LogP contribution in [0.5, 0.6) is 0 Å². The summed E-state index contributed by atoms with van der Waals surface area (Å²) >= 11 is 0. The lowest BCUT2D eigenvalue weighted by Gasteiger charge is -2.20. The molecular weight excluding hydrogens is 259 g/mol. The molecule has 0 aromatic heterocycles. The molecule has 0 heterocycles. The van der Waals surface area contributed by atoms with Gasteiger partial charge in [-0.15, -0.1) is 0 Å². The van der Waals surface area contributed by atoms with E-state index in [1.165, 1.54) is 0 Å². The van der Waals surface area contributed by atoms with Gasteiger partial charge in [0.25, 0.3) is 0 Å². The van der Waals surface area contributed by atoms with Gasteiger partial charge in [-0.3, -0.25) is 0 Å². The van der Waals surface area contributed by atoms with Crippen LogP contribution in [0.1, 0.15) is 11.1 Å². The summed E-state index contributed by atoms with van der Waals surface area (Å²) in [5, 5.41) is 13.5. The number of nitrogens with two attached hydrogens (primary N) is 1. The van der Waals surface area contributed by atoms with Crippen molar-refractivity contribution in [2.45, 2.75) is 20.0 Å². The number of hydrogen-bond acceptors (Lipinski definition) is 3. The van der Waals surface area contributed by atoms with Crippen molar-refractivity contribution < 1.29 is 18.4 Å². The Labute approximate surface area is 109 Å². The van der Waals surface area contributed by atoms with E-state index in [0.717, 1.165) is 11.1 Å². The molecule has 0 spiro atoms. The fourth-order valence-electron chi connectivity index (χ4n) is 1.53. The molecule has 1 rings (SSSR count). The Morgan fingerprint density at radius 1 is 1.37 bits per heavy atom. The van der Waals surface area contributed by atoms with E-state index in [1.54, 1.807) is 12.1 Å². The lowest BCUT2D eigenvalue weighted by Crippen LogP contribution is -2.40. The molecule has 1 unspecified atom stereocenters. The van der Waals surface area contributed by atoms with E-state index in [9.17, 15) is 13.2 Å². The molecule has 0 bridgehead atoms. The van der Waals surface area contributed by atoms with Gasteiger partial charge in [-0.25, -0.2) is 0 Å². The second-order valence-corrected chi connectivity index (χ2v) is 4.30. The maximum Gasteiger partial charge on any atom is 0.400 e. The minimum Gasteiger partial charge on any atom is -0.409 e. The van der Waals surface area contributed by atoms with Gasteiger partial charge in [-0.2, -0.15) is 13.2 Å². The Morgan fingerprint density at radius 2 is 2.00 bits per heavy atom. The van der Waals surface area contributed by atoms with Crippen molar-refractivity contribution in [2.75, 3.05) is 11.9 Å². The molecule has 1 aromatic rings. The first kappa shape index (κ1) is 15.1. The summed E-state index contributed by atoms with van der Waals surface area (Å²) in [5.41, 5.74) is 7.64. The molecular formula is C12H16F3N3O. The van der Waals surface area contributed by atoms with Crippen molar-refractivity contribution in [3.63, 3.8) is 0 Å². The molecule has 0 saturated heterocycles. The summed E-state index contributed by atoms with van der Waals surface area (Å²) in [4.78, 5) is 0. The van der Waals surface area contributed by atoms with E-state index in [-0.39, 0.29) is 0 Å². The predicted molar refractivity (Wildman–Crippen MR) is 67.4 cm³/mol. The molecule has 0 fully saturated rings. The zero-order chi connectivity index (χ0) is 14.6. The molecule has 0 radical (unpaired) electrons. The number of nitrogens with zero attached hydrogens (tertiary/aromatic N) is 1. The molecule has 0 aliphatic carbocycles. The van der Waals surface area contributed by atoms with Gasteiger partial charge < -0.3 is 16.3 Å². The first-order chi connectivity index (χ1) is 8.75. The Kier molecular flexibility index (Phi) is 4.63. The quantitative estimate of drug-likeness (QED) is 0.342. The van der Waals surface area contributed by atoms with Crippen molar-refractivity contribution >= 4 is 11.5 Å². The van der Waals surface area contributed by atoms with Crippen LogP contribution in [0.4, 0.5) is 18.9 Å². The van der Waals surface area contributed by atoms with Crippen molar-refractivity contribution in [1.82, 2.24) is 0 Å². The average molecular weight is 275 g/mol. The fourth-order valence-corrected chi connectivity index (χ4v) is 1.53. The van der Waals surface area contributed by atoms with Gasteiger partial charge in [0.15, 0.2) is 5.84 Å². The van der Waals surface area contributed by atoms with E-state index in [4.69, 9.17) is 10.9 Å². The van der Waals surface area contributed by atoms with Gasteiger partial charge in [0, 0.05) is 12.2 Å². The molecule has 19 heavy (non-hydrogen) atoms. The van der Waals surface area contributed by atoms with Crippen LogP contribution < -0.4 is 11.1 Å². The molecule has 4 nitrogen and oxygen atoms in total. The highest BCUT2D eigenvalue weighted by atomic mass is 19.4. The van der Waals surface area contributed by atoms with Crippen molar-refractivity contribution in [3.05, 3.63) is 29.3 Å². The van der Waals surface area contributed by atoms with Crippen LogP contribution >= 0.6 is 0 Å². The third kappa shape index (κ3) is 4.04. The van der Waals surface area contributed by atoms with Crippen LogP contribution in [-0.4, -0.2) is 23.8 Å². The van der Waals surface area contributed by atoms with Crippen LogP contribution in [0.3, 0.4) is 0 Å². The van der Waals surface area contributed by atoms with E-state index in [0.29, 0.717) is 5.69 Å². The van der Waals surface area contributed by atoms with Gasteiger partial charge in [-0.05, 0) is 37.1 Å². The normalized spacial score (nSPS) is 14.3. The van der Waals surface area contributed by atoms with Crippen LogP contribution in [0.25, 0.3) is 0 Å². The van der Waals surface area contributed by atoms with E-state index < -0.39 is 24.5 Å². The summed E-state index contributed by atoms with van der Waals surface area (Å²) in [6.45, 7) is 3.29. The number of halogens is 3. The van der Waals surface area contributed by atoms with Gasteiger partial charge in [0.2, 0.25) is 0 Å². The monoisotopic (exact) mass is 275 g/mol. The minimum atomic E-state index is -4.57. The van der Waals surface area contributed by atoms with Crippen molar-refractivity contribution in [2.24, 2.45) is 16.8 Å². The summed E-state index contributed by atoms with van der Waals surface area (Å²) in [5.74, 6) is -2.89. The highest BCUT2D eigenvalue weighted by Crippen LogP contribution is 2.27. The topological polar surface area (TPSA) is 70.6 Å². The zero-order valence-corrected chi connectivity index (χ0v) is 10.6. The summed E-state index contributed by atoms with van der Waals surface area (Å²) in [6.07, 6.45) is -4.57. The number of alkyl halides is 3. The van der Waals surface area contributed by atoms with Gasteiger partial charge in [0.1, 0.15) is 5.92 Å². The lowest BCUT2D eigenvalue weighted by molar-refractivity contribution is -0.152. The minimum absolute atomic E-state index is 0.484. The van der Waals surface area contributed by atoms with E-state index in [1.807, 2.05) is 19.9 Å². The smallest absolute Gasteiger partial charge is 0.400 e. The Hall–Kier alpha value is -1.92. The van der Waals surface area contributed by atoms with Crippen LogP contribution in [-0.2, 0) is 0 Å². The SMILES string of the molecule is Cc1ccc(NCC(/C(N)=N/O)C(F)(F)F)cc1C. The lowest BCUT2D eigenvalue weighted by atomic mass is 10.1. The number of amidine groups is 1. The van der Waals surface area contributed by atoms with E-state index in [2.05, 4.69) is 10.5 Å². The van der Waals surface area contributed by atoms with Gasteiger partial charge >= 0.3 is 6.18 Å². The third-order valence-electron chi connectivity index (χ3n) is 2.88. The molecule has 4 N–H and O–H groups in total. The molecule has 1 atom stereocenters. The molecule has 0 amide bonds. The van der Waals surface area contributed by atoms with Crippen LogP contribution in [0.15, 0.2) is 23.4 Å². The molecule has 0 aliphatic rings. The molecule has 1 aromatic carbocycles. The van der Waals surface area contributed by atoms with E-state index >= 15 is 0 Å². The molecule has 106 valence electrons. The molecule has 0 saturated carbocycles. The predicted octanol–water partition coefficient (Wildman–Crippen LogP) is 2.64. The van der Waals surface area contributed by atoms with Crippen molar-refractivity contribution in [3.8, 4) is 0 Å². The number of oxime groups is 1. The number of rotatable bonds is 4. The molecule has 7 heteroatoms. The maximum atomic E-state index is 12.7. The Bertz CT molecular complexity index is 472. The Morgan fingerprint density at radius 3 is 2.47 bits per heavy atom. The van der Waals surface area contributed by atoms with Gasteiger partial charge in [-0.1, -0.05) is 11.2 Å². The van der Waals surface area contributed by atoms with Crippen LogP contribution in [0, 0.1) is 19.8 Å². The highest BCUT2D eigenvalue weighted by molar-refractivity contribution is 5.83. The standard InChI is InChI=1S/C12H16F3N3O/c1-7-3-4-9(5-8(7)2)17-6-10(11(16)18-19)12(13,14)15/h3-5,10,17,19H,6H2,1-2H3,(H2,16,18). The first-order valence-corrected chi connectivity index (χ1v) is 5.61. The second-order valence-electron chi connectivity index (χ2n) is 4.30. The largest absolute Gasteiger partial charge is 0.409 e. The summed E-state index contributed by atoms with van der Waals surface area (Å²) in [6, 6.07) is 5.24. The number of hydrogen-bond donors (Lipinski definition) is 3. The maximum absolute atomic E-state index is 12.7. The third-order valence-corrected chi connectivity index (χ3v) is 2.88. The summed E-state index contributed by atoms with van der Waals surface area (Å²) in [7, 11) is 0. The zero-order valence-electron chi connectivity index (χ0n) is 10.6. The van der Waals surface area contributed by atoms with Crippen molar-refractivity contribution in [1.29, 1.82) is 0 Å². The fraction of sp³-hybridized carbons (Fsp3) is 0.417. The van der Waals surface area contributed by atoms with Gasteiger partial charge in [0.05, 0.1) is 0 Å². The second kappa shape index (κ2) is 5.81. The summed E-state index contributed by atoms with van der Waals surface area (Å²) < 4.78 is 38.1. The average Bonchev–Trinajstić information content (AvgIpc) is 2.31. The Balaban J connectivity index is 2.79. The number of anilines is 1. The van der Waals surface area contributed by atoms with Crippen LogP contribution in [0.2, 0.25) is 0 Å². The number of benzene rings is 1. The number of aryl methyl sites for hydroxylation is 2. The first-order valence-electron chi connectivity index (χ1n) is 5.61. The molecule has 0 aliphatic heterocycles.